The molecule has 1 heterocycles. The van der Waals surface area contributed by atoms with Crippen LogP contribution in [0.15, 0.2) is 77.6 Å². The van der Waals surface area contributed by atoms with Crippen molar-refractivity contribution in [1.29, 1.82) is 0 Å². The lowest BCUT2D eigenvalue weighted by Gasteiger charge is -2.03. The Morgan fingerprint density at radius 3 is 2.15 bits per heavy atom. The van der Waals surface area contributed by atoms with Crippen molar-refractivity contribution >= 4 is 5.78 Å². The van der Waals surface area contributed by atoms with Gasteiger partial charge in [-0.05, 0) is 23.6 Å². The fourth-order valence-corrected chi connectivity index (χ4v) is 2.17. The Morgan fingerprint density at radius 1 is 0.800 bits per heavy atom. The van der Waals surface area contributed by atoms with Crippen LogP contribution < -0.4 is 0 Å². The van der Waals surface area contributed by atoms with E-state index in [1.165, 1.54) is 23.7 Å². The first-order chi connectivity index (χ1) is 9.83. The number of benzene rings is 2. The summed E-state index contributed by atoms with van der Waals surface area (Å²) in [5.41, 5.74) is 3.73. The van der Waals surface area contributed by atoms with Gasteiger partial charge >= 0.3 is 0 Å². The number of carbonyl (C=O) groups is 1. The lowest BCUT2D eigenvalue weighted by molar-refractivity contribution is 0.103. The van der Waals surface area contributed by atoms with Gasteiger partial charge in [0.1, 0.15) is 6.26 Å². The van der Waals surface area contributed by atoms with Gasteiger partial charge in [0.2, 0.25) is 0 Å². The molecule has 20 heavy (non-hydrogen) atoms. The first-order valence-corrected chi connectivity index (χ1v) is 6.53. The number of hydrogen-bond donors (Lipinski definition) is 0. The van der Waals surface area contributed by atoms with Crippen LogP contribution in [0, 0.1) is 0 Å². The molecule has 0 bridgehead atoms. The van der Waals surface area contributed by atoms with Gasteiger partial charge in [0, 0.05) is 5.56 Å². The molecule has 0 saturated carbocycles. The minimum absolute atomic E-state index is 0.00925. The smallest absolute Gasteiger partial charge is 0.196 e. The quantitative estimate of drug-likeness (QED) is 0.662. The van der Waals surface area contributed by atoms with Gasteiger partial charge in [-0.2, -0.15) is 0 Å². The summed E-state index contributed by atoms with van der Waals surface area (Å²) in [6, 6.07) is 19.7. The largest absolute Gasteiger partial charge is 0.472 e. The second kappa shape index (κ2) is 5.57. The molecule has 0 amide bonds. The minimum atomic E-state index is -0.00925. The van der Waals surface area contributed by atoms with Crippen molar-refractivity contribution in [2.75, 3.05) is 0 Å². The fourth-order valence-electron chi connectivity index (χ4n) is 2.17. The van der Waals surface area contributed by atoms with E-state index in [1.807, 2.05) is 42.5 Å². The van der Waals surface area contributed by atoms with E-state index in [9.17, 15) is 4.79 Å². The first-order valence-electron chi connectivity index (χ1n) is 6.53. The maximum Gasteiger partial charge on any atom is 0.196 e. The lowest BCUT2D eigenvalue weighted by atomic mass is 10.0. The third-order valence-electron chi connectivity index (χ3n) is 3.25. The van der Waals surface area contributed by atoms with Crippen LogP contribution in [0.3, 0.4) is 0 Å². The number of carbonyl (C=O) groups excluding carboxylic acids is 1. The zero-order valence-electron chi connectivity index (χ0n) is 11.0. The topological polar surface area (TPSA) is 30.2 Å². The molecule has 0 aliphatic rings. The number of rotatable bonds is 4. The zero-order chi connectivity index (χ0) is 13.8. The molecule has 0 fully saturated rings. The highest BCUT2D eigenvalue weighted by Crippen LogP contribution is 2.14. The summed E-state index contributed by atoms with van der Waals surface area (Å²) < 4.78 is 4.94. The Hall–Kier alpha value is -2.61. The second-order valence-electron chi connectivity index (χ2n) is 4.70. The van der Waals surface area contributed by atoms with Crippen LogP contribution in [0.1, 0.15) is 27.0 Å². The van der Waals surface area contributed by atoms with Gasteiger partial charge in [-0.1, -0.05) is 54.6 Å². The van der Waals surface area contributed by atoms with E-state index in [0.717, 1.165) is 6.42 Å². The van der Waals surface area contributed by atoms with Crippen molar-refractivity contribution < 1.29 is 9.21 Å². The molecular weight excluding hydrogens is 248 g/mol. The Labute approximate surface area is 117 Å². The van der Waals surface area contributed by atoms with Crippen molar-refractivity contribution in [3.05, 3.63) is 95.4 Å². The Bertz CT molecular complexity index is 680. The van der Waals surface area contributed by atoms with Gasteiger partial charge in [0.05, 0.1) is 11.8 Å². The molecule has 98 valence electrons. The summed E-state index contributed by atoms with van der Waals surface area (Å²) in [7, 11) is 0. The second-order valence-corrected chi connectivity index (χ2v) is 4.70. The molecule has 0 aliphatic carbocycles. The molecule has 0 atom stereocenters. The molecule has 0 aliphatic heterocycles. The predicted octanol–water partition coefficient (Wildman–Crippen LogP) is 4.10. The number of ketones is 1. The van der Waals surface area contributed by atoms with E-state index >= 15 is 0 Å². The Kier molecular flexibility index (Phi) is 3.46. The van der Waals surface area contributed by atoms with Crippen molar-refractivity contribution in [1.82, 2.24) is 0 Å². The van der Waals surface area contributed by atoms with Gasteiger partial charge in [0.25, 0.3) is 0 Å². The summed E-state index contributed by atoms with van der Waals surface area (Å²) >= 11 is 0. The van der Waals surface area contributed by atoms with Crippen molar-refractivity contribution in [3.8, 4) is 0 Å². The number of furan rings is 1. The average molecular weight is 262 g/mol. The van der Waals surface area contributed by atoms with Gasteiger partial charge in [-0.3, -0.25) is 4.79 Å². The van der Waals surface area contributed by atoms with Crippen molar-refractivity contribution in [2.45, 2.75) is 6.42 Å². The molecule has 2 aromatic carbocycles. The van der Waals surface area contributed by atoms with Crippen LogP contribution in [0.4, 0.5) is 0 Å². The molecular formula is C18H14O2. The van der Waals surface area contributed by atoms with Gasteiger partial charge in [-0.15, -0.1) is 0 Å². The summed E-state index contributed by atoms with van der Waals surface area (Å²) in [5, 5.41) is 0. The van der Waals surface area contributed by atoms with Gasteiger partial charge in [-0.25, -0.2) is 0 Å². The van der Waals surface area contributed by atoms with Gasteiger partial charge in [0.15, 0.2) is 5.78 Å². The molecule has 3 rings (SSSR count). The monoisotopic (exact) mass is 262 g/mol. The van der Waals surface area contributed by atoms with Gasteiger partial charge < -0.3 is 4.42 Å². The van der Waals surface area contributed by atoms with E-state index in [-0.39, 0.29) is 5.78 Å². The molecule has 0 saturated heterocycles. The fraction of sp³-hybridized carbons (Fsp3) is 0.0556. The Morgan fingerprint density at radius 2 is 1.50 bits per heavy atom. The molecule has 1 aromatic heterocycles. The molecule has 0 spiro atoms. The summed E-state index contributed by atoms with van der Waals surface area (Å²) in [6.07, 6.45) is 3.86. The van der Waals surface area contributed by atoms with E-state index in [1.54, 1.807) is 6.07 Å². The third kappa shape index (κ3) is 2.69. The summed E-state index contributed by atoms with van der Waals surface area (Å²) in [6.45, 7) is 0. The van der Waals surface area contributed by atoms with Crippen LogP contribution in [0.25, 0.3) is 0 Å². The van der Waals surface area contributed by atoms with Crippen LogP contribution >= 0.6 is 0 Å². The van der Waals surface area contributed by atoms with E-state index < -0.39 is 0 Å². The molecule has 0 radical (unpaired) electrons. The van der Waals surface area contributed by atoms with Crippen molar-refractivity contribution in [3.63, 3.8) is 0 Å². The molecule has 0 N–H and O–H groups in total. The Balaban J connectivity index is 1.76. The maximum atomic E-state index is 12.1. The highest BCUT2D eigenvalue weighted by atomic mass is 16.3. The standard InChI is InChI=1S/C18H14O2/c19-18(17-10-11-20-13-17)16-8-6-15(7-9-16)12-14-4-2-1-3-5-14/h1-11,13H,12H2. The SMILES string of the molecule is O=C(c1ccc(Cc2ccccc2)cc1)c1ccoc1. The average Bonchev–Trinajstić information content (AvgIpc) is 3.03. The summed E-state index contributed by atoms with van der Waals surface area (Å²) in [4.78, 5) is 12.1. The zero-order valence-corrected chi connectivity index (χ0v) is 11.0. The molecule has 2 heteroatoms. The number of hydrogen-bond acceptors (Lipinski definition) is 2. The van der Waals surface area contributed by atoms with E-state index in [4.69, 9.17) is 4.42 Å². The molecule has 2 nitrogen and oxygen atoms in total. The summed E-state index contributed by atoms with van der Waals surface area (Å²) in [5.74, 6) is -0.00925. The minimum Gasteiger partial charge on any atom is -0.472 e. The highest BCUT2D eigenvalue weighted by molar-refractivity contribution is 6.08. The van der Waals surface area contributed by atoms with Crippen molar-refractivity contribution in [2.24, 2.45) is 0 Å². The van der Waals surface area contributed by atoms with E-state index in [0.29, 0.717) is 11.1 Å². The maximum absolute atomic E-state index is 12.1. The van der Waals surface area contributed by atoms with Crippen LogP contribution in [-0.4, -0.2) is 5.78 Å². The predicted molar refractivity (Wildman–Crippen MR) is 77.8 cm³/mol. The third-order valence-corrected chi connectivity index (χ3v) is 3.25. The van der Waals surface area contributed by atoms with Crippen LogP contribution in [-0.2, 0) is 6.42 Å². The normalized spacial score (nSPS) is 10.4. The van der Waals surface area contributed by atoms with E-state index in [2.05, 4.69) is 12.1 Å². The van der Waals surface area contributed by atoms with Crippen LogP contribution in [0.2, 0.25) is 0 Å². The molecule has 0 unspecified atom stereocenters. The molecule has 3 aromatic rings. The highest BCUT2D eigenvalue weighted by Gasteiger charge is 2.09. The van der Waals surface area contributed by atoms with Crippen LogP contribution in [0.5, 0.6) is 0 Å². The first kappa shape index (κ1) is 12.4. The lowest BCUT2D eigenvalue weighted by Crippen LogP contribution is -1.99.